The molecule has 1 aromatic heterocycles. The molecule has 1 unspecified atom stereocenters. The number of hydrogen-bond donors (Lipinski definition) is 1. The number of benzene rings is 2. The molecule has 0 aliphatic carbocycles. The largest absolute Gasteiger partial charge is 0.478 e. The number of fused-ring (bicyclic) bond motifs is 1. The van der Waals surface area contributed by atoms with E-state index in [1.54, 1.807) is 6.07 Å². The van der Waals surface area contributed by atoms with E-state index in [1.165, 1.54) is 12.1 Å². The van der Waals surface area contributed by atoms with Gasteiger partial charge in [-0.3, -0.25) is 9.58 Å². The second-order valence-corrected chi connectivity index (χ2v) is 8.01. The number of aromatic carboxylic acids is 1. The van der Waals surface area contributed by atoms with Gasteiger partial charge in [-0.05, 0) is 43.2 Å². The van der Waals surface area contributed by atoms with Crippen LogP contribution in [0.4, 0.5) is 4.39 Å². The van der Waals surface area contributed by atoms with Crippen LogP contribution in [-0.2, 0) is 6.54 Å². The van der Waals surface area contributed by atoms with Gasteiger partial charge in [-0.1, -0.05) is 23.2 Å². The van der Waals surface area contributed by atoms with Gasteiger partial charge in [0.2, 0.25) is 0 Å². The van der Waals surface area contributed by atoms with E-state index in [0.717, 1.165) is 25.1 Å². The first-order chi connectivity index (χ1) is 13.3. The molecule has 3 aromatic rings. The minimum atomic E-state index is -1.28. The van der Waals surface area contributed by atoms with Crippen molar-refractivity contribution in [3.05, 3.63) is 63.0 Å². The highest BCUT2D eigenvalue weighted by atomic mass is 35.5. The minimum Gasteiger partial charge on any atom is -0.478 e. The van der Waals surface area contributed by atoms with Crippen LogP contribution in [0.15, 0.2) is 30.3 Å². The summed E-state index contributed by atoms with van der Waals surface area (Å²) in [4.78, 5) is 13.5. The lowest BCUT2D eigenvalue weighted by Gasteiger charge is -2.17. The second kappa shape index (κ2) is 7.35. The van der Waals surface area contributed by atoms with Crippen molar-refractivity contribution in [3.8, 4) is 0 Å². The Labute approximate surface area is 171 Å². The first-order valence-electron chi connectivity index (χ1n) is 8.91. The standard InChI is InChI=1S/C20H18Cl2FN3O2/c1-11-16-7-17(20(27)28)18(23)8-19(16)26(24-11)15-2-3-25(10-15)9-12-4-13(21)6-14(22)5-12/h4-8,15H,2-3,9-10H2,1H3,(H,27,28). The van der Waals surface area contributed by atoms with E-state index in [1.807, 2.05) is 23.7 Å². The number of carbonyl (C=O) groups is 1. The molecule has 1 fully saturated rings. The van der Waals surface area contributed by atoms with E-state index < -0.39 is 11.8 Å². The Morgan fingerprint density at radius 1 is 1.25 bits per heavy atom. The van der Waals surface area contributed by atoms with Gasteiger partial charge in [0, 0.05) is 41.1 Å². The lowest BCUT2D eigenvalue weighted by Crippen LogP contribution is -2.21. The first kappa shape index (κ1) is 19.2. The van der Waals surface area contributed by atoms with E-state index in [0.29, 0.717) is 33.2 Å². The Morgan fingerprint density at radius 2 is 1.96 bits per heavy atom. The highest BCUT2D eigenvalue weighted by molar-refractivity contribution is 6.34. The van der Waals surface area contributed by atoms with Crippen LogP contribution in [-0.4, -0.2) is 38.8 Å². The summed E-state index contributed by atoms with van der Waals surface area (Å²) in [6.07, 6.45) is 0.868. The van der Waals surface area contributed by atoms with Gasteiger partial charge in [-0.25, -0.2) is 9.18 Å². The number of aromatic nitrogens is 2. The predicted molar refractivity (Wildman–Crippen MR) is 107 cm³/mol. The fraction of sp³-hybridized carbons (Fsp3) is 0.300. The third-order valence-corrected chi connectivity index (χ3v) is 5.57. The minimum absolute atomic E-state index is 0.0842. The van der Waals surface area contributed by atoms with Crippen molar-refractivity contribution in [1.29, 1.82) is 0 Å². The highest BCUT2D eigenvalue weighted by Gasteiger charge is 2.27. The number of hydrogen-bond acceptors (Lipinski definition) is 3. The van der Waals surface area contributed by atoms with E-state index in [9.17, 15) is 9.18 Å². The van der Waals surface area contributed by atoms with Crippen LogP contribution in [0.1, 0.15) is 34.1 Å². The Balaban J connectivity index is 1.59. The summed E-state index contributed by atoms with van der Waals surface area (Å²) in [5.41, 5.74) is 2.02. The van der Waals surface area contributed by atoms with Gasteiger partial charge in [0.05, 0.1) is 22.8 Å². The Hall–Kier alpha value is -2.15. The van der Waals surface area contributed by atoms with Crippen molar-refractivity contribution in [3.63, 3.8) is 0 Å². The molecular weight excluding hydrogens is 404 g/mol. The van der Waals surface area contributed by atoms with Crippen molar-refractivity contribution >= 4 is 40.1 Å². The van der Waals surface area contributed by atoms with Gasteiger partial charge in [-0.2, -0.15) is 5.10 Å². The van der Waals surface area contributed by atoms with Crippen LogP contribution in [0.2, 0.25) is 10.0 Å². The fourth-order valence-electron chi connectivity index (χ4n) is 3.87. The molecule has 1 aliphatic heterocycles. The molecule has 1 aliphatic rings. The van der Waals surface area contributed by atoms with Crippen molar-refractivity contribution in [1.82, 2.24) is 14.7 Å². The smallest absolute Gasteiger partial charge is 0.338 e. The van der Waals surface area contributed by atoms with Gasteiger partial charge >= 0.3 is 5.97 Å². The third kappa shape index (κ3) is 3.60. The normalized spacial score (nSPS) is 17.5. The summed E-state index contributed by atoms with van der Waals surface area (Å²) >= 11 is 12.2. The van der Waals surface area contributed by atoms with Crippen LogP contribution in [0.5, 0.6) is 0 Å². The maximum absolute atomic E-state index is 14.2. The number of halogens is 3. The Morgan fingerprint density at radius 3 is 2.64 bits per heavy atom. The first-order valence-corrected chi connectivity index (χ1v) is 9.66. The second-order valence-electron chi connectivity index (χ2n) is 7.14. The summed E-state index contributed by atoms with van der Waals surface area (Å²) in [7, 11) is 0. The molecule has 0 bridgehead atoms. The van der Waals surface area contributed by atoms with Gasteiger partial charge < -0.3 is 5.11 Å². The van der Waals surface area contributed by atoms with Gasteiger partial charge in [-0.15, -0.1) is 0 Å². The molecule has 1 saturated heterocycles. The molecule has 0 radical (unpaired) electrons. The van der Waals surface area contributed by atoms with Crippen molar-refractivity contribution in [2.75, 3.05) is 13.1 Å². The molecule has 0 saturated carbocycles. The maximum atomic E-state index is 14.2. The number of nitrogens with zero attached hydrogens (tertiary/aromatic N) is 3. The summed E-state index contributed by atoms with van der Waals surface area (Å²) < 4.78 is 16.1. The number of carboxylic acids is 1. The zero-order chi connectivity index (χ0) is 20.0. The number of carboxylic acid groups (broad SMARTS) is 1. The fourth-order valence-corrected chi connectivity index (χ4v) is 4.44. The number of likely N-dealkylation sites (tertiary alicyclic amines) is 1. The molecular formula is C20H18Cl2FN3O2. The van der Waals surface area contributed by atoms with Gasteiger partial charge in [0.15, 0.2) is 0 Å². The van der Waals surface area contributed by atoms with Crippen LogP contribution in [0.3, 0.4) is 0 Å². The van der Waals surface area contributed by atoms with Crippen molar-refractivity contribution in [2.45, 2.75) is 25.9 Å². The molecule has 5 nitrogen and oxygen atoms in total. The van der Waals surface area contributed by atoms with Crippen molar-refractivity contribution < 1.29 is 14.3 Å². The topological polar surface area (TPSA) is 58.4 Å². The van der Waals surface area contributed by atoms with Gasteiger partial charge in [0.25, 0.3) is 0 Å². The number of rotatable bonds is 4. The lowest BCUT2D eigenvalue weighted by atomic mass is 10.1. The summed E-state index contributed by atoms with van der Waals surface area (Å²) in [5.74, 6) is -2.02. The average Bonchev–Trinajstić information content (AvgIpc) is 3.17. The van der Waals surface area contributed by atoms with E-state index in [2.05, 4.69) is 10.00 Å². The molecule has 8 heteroatoms. The predicted octanol–water partition coefficient (Wildman–Crippen LogP) is 4.94. The molecule has 2 aromatic carbocycles. The maximum Gasteiger partial charge on any atom is 0.338 e. The summed E-state index contributed by atoms with van der Waals surface area (Å²) in [6.45, 7) is 4.14. The molecule has 0 spiro atoms. The lowest BCUT2D eigenvalue weighted by molar-refractivity contribution is 0.0692. The Bertz CT molecular complexity index is 1060. The molecule has 146 valence electrons. The molecule has 2 heterocycles. The zero-order valence-corrected chi connectivity index (χ0v) is 16.6. The van der Waals surface area contributed by atoms with E-state index >= 15 is 0 Å². The Kier molecular flexibility index (Phi) is 5.04. The molecule has 1 atom stereocenters. The average molecular weight is 422 g/mol. The monoisotopic (exact) mass is 421 g/mol. The van der Waals surface area contributed by atoms with E-state index in [-0.39, 0.29) is 11.6 Å². The quantitative estimate of drug-likeness (QED) is 0.648. The molecule has 4 rings (SSSR count). The van der Waals surface area contributed by atoms with Crippen LogP contribution < -0.4 is 0 Å². The molecule has 28 heavy (non-hydrogen) atoms. The van der Waals surface area contributed by atoms with E-state index in [4.69, 9.17) is 28.3 Å². The van der Waals surface area contributed by atoms with Crippen LogP contribution in [0.25, 0.3) is 10.9 Å². The van der Waals surface area contributed by atoms with Crippen LogP contribution in [0, 0.1) is 12.7 Å². The zero-order valence-electron chi connectivity index (χ0n) is 15.1. The van der Waals surface area contributed by atoms with Gasteiger partial charge in [0.1, 0.15) is 5.82 Å². The molecule has 0 amide bonds. The van der Waals surface area contributed by atoms with Crippen LogP contribution >= 0.6 is 23.2 Å². The third-order valence-electron chi connectivity index (χ3n) is 5.13. The SMILES string of the molecule is Cc1nn(C2CCN(Cc3cc(Cl)cc(Cl)c3)C2)c2cc(F)c(C(=O)O)cc12. The molecule has 1 N–H and O–H groups in total. The summed E-state index contributed by atoms with van der Waals surface area (Å²) in [5, 5.41) is 15.6. The number of aryl methyl sites for hydroxylation is 1. The van der Waals surface area contributed by atoms with Crippen molar-refractivity contribution in [2.24, 2.45) is 0 Å². The highest BCUT2D eigenvalue weighted by Crippen LogP contribution is 2.30. The summed E-state index contributed by atoms with van der Waals surface area (Å²) in [6, 6.07) is 8.23.